The van der Waals surface area contributed by atoms with E-state index in [1.807, 2.05) is 4.90 Å². The van der Waals surface area contributed by atoms with Crippen LogP contribution in [0.3, 0.4) is 0 Å². The number of carbonyl (C=O) groups excluding carboxylic acids is 1. The van der Waals surface area contributed by atoms with Gasteiger partial charge in [0.25, 0.3) is 0 Å². The van der Waals surface area contributed by atoms with Crippen molar-refractivity contribution in [2.45, 2.75) is 44.1 Å². The molecule has 0 bridgehead atoms. The zero-order chi connectivity index (χ0) is 23.8. The Morgan fingerprint density at radius 3 is 2.58 bits per heavy atom. The van der Waals surface area contributed by atoms with Crippen molar-refractivity contribution in [3.63, 3.8) is 0 Å². The molecule has 1 fully saturated rings. The number of hydrogen-bond donors (Lipinski definition) is 3. The fraction of sp³-hybridized carbons (Fsp3) is 0.458. The molecule has 1 aromatic heterocycles. The highest BCUT2D eigenvalue weighted by Crippen LogP contribution is 2.27. The van der Waals surface area contributed by atoms with Gasteiger partial charge in [0.05, 0.1) is 11.6 Å². The molecule has 0 aliphatic carbocycles. The molecule has 1 aromatic carbocycles. The Bertz CT molecular complexity index is 923. The number of hydrogen-bond acceptors (Lipinski definition) is 5. The van der Waals surface area contributed by atoms with Crippen LogP contribution in [0.2, 0.25) is 0 Å². The van der Waals surface area contributed by atoms with E-state index >= 15 is 0 Å². The lowest BCUT2D eigenvalue weighted by Gasteiger charge is -2.39. The number of aliphatic hydroxyl groups excluding tert-OH is 1. The van der Waals surface area contributed by atoms with Gasteiger partial charge in [-0.15, -0.1) is 0 Å². The van der Waals surface area contributed by atoms with Crippen molar-refractivity contribution in [3.8, 4) is 0 Å². The number of carbonyl (C=O) groups is 2. The van der Waals surface area contributed by atoms with Gasteiger partial charge in [0.15, 0.2) is 0 Å². The second-order valence-corrected chi connectivity index (χ2v) is 8.39. The van der Waals surface area contributed by atoms with E-state index in [0.717, 1.165) is 24.9 Å². The van der Waals surface area contributed by atoms with E-state index in [1.165, 1.54) is 23.2 Å². The molecule has 178 valence electrons. The zero-order valence-electron chi connectivity index (χ0n) is 18.6. The van der Waals surface area contributed by atoms with Crippen LogP contribution in [0.4, 0.5) is 15.0 Å². The van der Waals surface area contributed by atoms with Crippen LogP contribution in [0.15, 0.2) is 42.6 Å². The number of anilines is 1. The van der Waals surface area contributed by atoms with Crippen LogP contribution in [0.1, 0.15) is 53.9 Å². The van der Waals surface area contributed by atoms with Crippen molar-refractivity contribution in [3.05, 3.63) is 59.5 Å². The van der Waals surface area contributed by atoms with E-state index in [9.17, 15) is 24.2 Å². The number of carboxylic acid groups (broad SMARTS) is 1. The van der Waals surface area contributed by atoms with Crippen molar-refractivity contribution in [1.29, 1.82) is 0 Å². The highest BCUT2D eigenvalue weighted by atomic mass is 19.1. The van der Waals surface area contributed by atoms with Gasteiger partial charge in [-0.05, 0) is 67.9 Å². The maximum absolute atomic E-state index is 13.3. The summed E-state index contributed by atoms with van der Waals surface area (Å²) in [7, 11) is 0. The Morgan fingerprint density at radius 2 is 1.97 bits per heavy atom. The number of halogens is 1. The fourth-order valence-corrected chi connectivity index (χ4v) is 4.42. The van der Waals surface area contributed by atoms with Crippen molar-refractivity contribution in [1.82, 2.24) is 9.88 Å². The topological polar surface area (TPSA) is 120 Å². The minimum atomic E-state index is -0.973. The number of benzene rings is 1. The molecule has 0 saturated carbocycles. The molecule has 4 N–H and O–H groups in total. The van der Waals surface area contributed by atoms with Gasteiger partial charge in [-0.3, -0.25) is 4.79 Å². The lowest BCUT2D eigenvalue weighted by Crippen LogP contribution is -2.50. The first kappa shape index (κ1) is 24.4. The normalized spacial score (nSPS) is 16.9. The number of piperidine rings is 1. The summed E-state index contributed by atoms with van der Waals surface area (Å²) in [6.45, 7) is 1.66. The van der Waals surface area contributed by atoms with Crippen LogP contribution in [0.25, 0.3) is 0 Å². The molecule has 9 heteroatoms. The molecular formula is C24H31FN4O4. The number of primary amides is 1. The molecule has 2 atom stereocenters. The van der Waals surface area contributed by atoms with Gasteiger partial charge in [0.2, 0.25) is 5.91 Å². The molecule has 2 aromatic rings. The van der Waals surface area contributed by atoms with Crippen molar-refractivity contribution in [2.24, 2.45) is 5.73 Å². The number of pyridine rings is 1. The Balaban J connectivity index is 1.68. The molecule has 1 aliphatic heterocycles. The number of nitrogens with two attached hydrogens (primary N) is 1. The molecule has 2 amide bonds. The predicted molar refractivity (Wildman–Crippen MR) is 123 cm³/mol. The summed E-state index contributed by atoms with van der Waals surface area (Å²) in [6.07, 6.45) is 3.91. The van der Waals surface area contributed by atoms with Crippen LogP contribution in [0.5, 0.6) is 0 Å². The summed E-state index contributed by atoms with van der Waals surface area (Å²) in [6, 6.07) is 9.43. The second-order valence-electron chi connectivity index (χ2n) is 8.39. The Morgan fingerprint density at radius 1 is 1.21 bits per heavy atom. The number of rotatable bonds is 10. The quantitative estimate of drug-likeness (QED) is 0.503. The second kappa shape index (κ2) is 11.6. The largest absolute Gasteiger partial charge is 0.465 e. The highest BCUT2D eigenvalue weighted by molar-refractivity contribution is 5.92. The van der Waals surface area contributed by atoms with Crippen LogP contribution in [-0.4, -0.2) is 64.4 Å². The Kier molecular flexibility index (Phi) is 8.59. The van der Waals surface area contributed by atoms with Crippen LogP contribution >= 0.6 is 0 Å². The minimum absolute atomic E-state index is 0.0299. The molecule has 2 heterocycles. The molecule has 3 rings (SSSR count). The van der Waals surface area contributed by atoms with Gasteiger partial charge in [0.1, 0.15) is 11.6 Å². The van der Waals surface area contributed by atoms with E-state index in [4.69, 9.17) is 5.73 Å². The van der Waals surface area contributed by atoms with Crippen LogP contribution < -0.4 is 10.6 Å². The van der Waals surface area contributed by atoms with Crippen LogP contribution in [0, 0.1) is 5.82 Å². The zero-order valence-corrected chi connectivity index (χ0v) is 18.6. The van der Waals surface area contributed by atoms with E-state index in [2.05, 4.69) is 4.98 Å². The molecule has 33 heavy (non-hydrogen) atoms. The smallest absolute Gasteiger partial charge is 0.407 e. The monoisotopic (exact) mass is 458 g/mol. The van der Waals surface area contributed by atoms with Crippen molar-refractivity contribution >= 4 is 17.8 Å². The SMILES string of the molecule is NC(=O)c1ccc(N2CCC[C@H](N(CC[C@H](CCCO)c3ccc(F)cc3)C(=O)O)C2)nc1. The maximum Gasteiger partial charge on any atom is 0.407 e. The molecule has 0 radical (unpaired) electrons. The number of aromatic nitrogens is 1. The summed E-state index contributed by atoms with van der Waals surface area (Å²) in [5.74, 6) is -0.143. The molecule has 0 spiro atoms. The summed E-state index contributed by atoms with van der Waals surface area (Å²) >= 11 is 0. The number of amides is 2. The maximum atomic E-state index is 13.3. The van der Waals surface area contributed by atoms with Gasteiger partial charge in [0, 0.05) is 32.4 Å². The predicted octanol–water partition coefficient (Wildman–Crippen LogP) is 3.21. The summed E-state index contributed by atoms with van der Waals surface area (Å²) in [5.41, 5.74) is 6.55. The van der Waals surface area contributed by atoms with Gasteiger partial charge in [-0.2, -0.15) is 0 Å². The lowest BCUT2D eigenvalue weighted by atomic mass is 9.90. The third-order valence-electron chi connectivity index (χ3n) is 6.21. The standard InChI is InChI=1S/C24H31FN4O4/c25-20-8-5-18(6-9-20)17(3-2-14-30)11-13-29(24(32)33)21-4-1-12-28(16-21)22-10-7-19(15-27-22)23(26)31/h5-10,15,17,21,30H,1-4,11-14,16H2,(H2,26,31)(H,32,33)/t17-,21-/m0/s1. The van der Waals surface area contributed by atoms with Crippen molar-refractivity contribution in [2.75, 3.05) is 31.1 Å². The molecule has 1 aliphatic rings. The molecule has 1 saturated heterocycles. The third-order valence-corrected chi connectivity index (χ3v) is 6.21. The summed E-state index contributed by atoms with van der Waals surface area (Å²) in [5, 5.41) is 19.2. The molecular weight excluding hydrogens is 427 g/mol. The highest BCUT2D eigenvalue weighted by Gasteiger charge is 2.29. The van der Waals surface area contributed by atoms with E-state index in [1.54, 1.807) is 24.3 Å². The third kappa shape index (κ3) is 6.64. The van der Waals surface area contributed by atoms with E-state index < -0.39 is 12.0 Å². The number of aliphatic hydroxyl groups is 1. The fourth-order valence-electron chi connectivity index (χ4n) is 4.42. The number of nitrogens with zero attached hydrogens (tertiary/aromatic N) is 3. The van der Waals surface area contributed by atoms with E-state index in [0.29, 0.717) is 43.7 Å². The van der Waals surface area contributed by atoms with Gasteiger partial charge in [-0.25, -0.2) is 14.2 Å². The van der Waals surface area contributed by atoms with Crippen LogP contribution in [-0.2, 0) is 0 Å². The molecule has 8 nitrogen and oxygen atoms in total. The average Bonchev–Trinajstić information content (AvgIpc) is 2.82. The Labute approximate surface area is 192 Å². The van der Waals surface area contributed by atoms with Gasteiger partial charge < -0.3 is 25.7 Å². The first-order valence-corrected chi connectivity index (χ1v) is 11.3. The average molecular weight is 459 g/mol. The summed E-state index contributed by atoms with van der Waals surface area (Å²) < 4.78 is 13.3. The van der Waals surface area contributed by atoms with Crippen molar-refractivity contribution < 1.29 is 24.2 Å². The first-order chi connectivity index (χ1) is 15.9. The lowest BCUT2D eigenvalue weighted by molar-refractivity contribution is 0.0999. The van der Waals surface area contributed by atoms with E-state index in [-0.39, 0.29) is 24.4 Å². The molecule has 0 unspecified atom stereocenters. The first-order valence-electron chi connectivity index (χ1n) is 11.3. The van der Waals surface area contributed by atoms with Gasteiger partial charge in [-0.1, -0.05) is 12.1 Å². The Hall–Kier alpha value is -3.20. The summed E-state index contributed by atoms with van der Waals surface area (Å²) in [4.78, 5) is 31.2. The minimum Gasteiger partial charge on any atom is -0.465 e. The van der Waals surface area contributed by atoms with Gasteiger partial charge >= 0.3 is 6.09 Å².